The summed E-state index contributed by atoms with van der Waals surface area (Å²) in [4.78, 5) is 4.08. The van der Waals surface area contributed by atoms with Gasteiger partial charge in [-0.1, -0.05) is 24.3 Å². The van der Waals surface area contributed by atoms with Crippen molar-refractivity contribution in [3.05, 3.63) is 84.0 Å². The molecular formula is C19H18N2O2. The molecule has 4 heteroatoms. The van der Waals surface area contributed by atoms with E-state index in [4.69, 9.17) is 0 Å². The maximum Gasteiger partial charge on any atom is 0.115 e. The summed E-state index contributed by atoms with van der Waals surface area (Å²) in [6.45, 7) is 2.80. The number of benzene rings is 2. The monoisotopic (exact) mass is 306 g/mol. The summed E-state index contributed by atoms with van der Waals surface area (Å²) in [5.41, 5.74) is 4.29. The van der Waals surface area contributed by atoms with Gasteiger partial charge in [0.05, 0.1) is 6.33 Å². The first-order chi connectivity index (χ1) is 11.1. The Morgan fingerprint density at radius 3 is 1.87 bits per heavy atom. The van der Waals surface area contributed by atoms with Crippen LogP contribution < -0.4 is 0 Å². The molecule has 3 aromatic rings. The summed E-state index contributed by atoms with van der Waals surface area (Å²) in [6.07, 6.45) is 5.47. The largest absolute Gasteiger partial charge is 0.508 e. The predicted octanol–water partition coefficient (Wildman–Crippen LogP) is 3.82. The highest BCUT2D eigenvalue weighted by Crippen LogP contribution is 2.30. The number of hydrogen-bond donors (Lipinski definition) is 2. The van der Waals surface area contributed by atoms with Crippen LogP contribution >= 0.6 is 0 Å². The molecule has 0 saturated carbocycles. The van der Waals surface area contributed by atoms with E-state index < -0.39 is 0 Å². The molecule has 0 aliphatic heterocycles. The molecule has 1 aromatic heterocycles. The molecule has 4 nitrogen and oxygen atoms in total. The van der Waals surface area contributed by atoms with E-state index in [0.29, 0.717) is 0 Å². The molecule has 23 heavy (non-hydrogen) atoms. The lowest BCUT2D eigenvalue weighted by Gasteiger charge is -2.14. The van der Waals surface area contributed by atoms with Crippen LogP contribution in [0.4, 0.5) is 0 Å². The van der Waals surface area contributed by atoms with Gasteiger partial charge < -0.3 is 14.8 Å². The lowest BCUT2D eigenvalue weighted by molar-refractivity contribution is 0.475. The number of phenols is 2. The minimum Gasteiger partial charge on any atom is -0.508 e. The third kappa shape index (κ3) is 3.43. The molecule has 116 valence electrons. The summed E-state index contributed by atoms with van der Waals surface area (Å²) >= 11 is 0. The zero-order valence-electron chi connectivity index (χ0n) is 12.8. The van der Waals surface area contributed by atoms with Crippen molar-refractivity contribution in [2.45, 2.75) is 13.5 Å². The maximum atomic E-state index is 9.53. The number of phenolic OH excluding ortho intramolecular Hbond substituents is 2. The quantitative estimate of drug-likeness (QED) is 0.770. The Hall–Kier alpha value is -3.01. The Morgan fingerprint density at radius 1 is 0.913 bits per heavy atom. The van der Waals surface area contributed by atoms with E-state index >= 15 is 0 Å². The van der Waals surface area contributed by atoms with E-state index in [-0.39, 0.29) is 11.5 Å². The molecule has 0 fully saturated rings. The first kappa shape index (κ1) is 14.9. The van der Waals surface area contributed by atoms with Crippen molar-refractivity contribution in [3.63, 3.8) is 0 Å². The fraction of sp³-hybridized carbons (Fsp3) is 0.105. The summed E-state index contributed by atoms with van der Waals surface area (Å²) in [5.74, 6) is 0.483. The number of aromatic nitrogens is 2. The highest BCUT2D eigenvalue weighted by molar-refractivity contribution is 5.82. The third-order valence-corrected chi connectivity index (χ3v) is 3.72. The lowest BCUT2D eigenvalue weighted by Crippen LogP contribution is -2.00. The Labute approximate surface area is 135 Å². The molecule has 0 amide bonds. The Bertz CT molecular complexity index is 754. The molecule has 0 saturated heterocycles. The molecule has 0 radical (unpaired) electrons. The highest BCUT2D eigenvalue weighted by Gasteiger charge is 2.10. The second-order valence-corrected chi connectivity index (χ2v) is 5.48. The van der Waals surface area contributed by atoms with Crippen molar-refractivity contribution in [2.75, 3.05) is 0 Å². The molecule has 0 aliphatic carbocycles. The summed E-state index contributed by atoms with van der Waals surface area (Å²) in [6, 6.07) is 14.3. The van der Waals surface area contributed by atoms with Gasteiger partial charge in [-0.25, -0.2) is 4.98 Å². The fourth-order valence-corrected chi connectivity index (χ4v) is 2.65. The van der Waals surface area contributed by atoms with Gasteiger partial charge in [0.25, 0.3) is 0 Å². The molecular weight excluding hydrogens is 288 g/mol. The van der Waals surface area contributed by atoms with Crippen LogP contribution in [0.15, 0.2) is 72.8 Å². The SMILES string of the molecule is CC(Cn1ccnc1)=C(c1ccc(O)cc1)c1ccc(O)cc1. The van der Waals surface area contributed by atoms with E-state index in [1.165, 1.54) is 5.57 Å². The van der Waals surface area contributed by atoms with Crippen molar-refractivity contribution < 1.29 is 10.2 Å². The van der Waals surface area contributed by atoms with Crippen LogP contribution in [0.5, 0.6) is 11.5 Å². The average Bonchev–Trinajstić information content (AvgIpc) is 3.04. The molecule has 1 heterocycles. The molecule has 0 spiro atoms. The summed E-state index contributed by atoms with van der Waals surface area (Å²) in [5, 5.41) is 19.1. The molecule has 2 aromatic carbocycles. The molecule has 0 unspecified atom stereocenters. The van der Waals surface area contributed by atoms with Crippen LogP contribution in [-0.2, 0) is 6.54 Å². The van der Waals surface area contributed by atoms with Crippen LogP contribution in [0.25, 0.3) is 5.57 Å². The van der Waals surface area contributed by atoms with Crippen LogP contribution in [0.3, 0.4) is 0 Å². The van der Waals surface area contributed by atoms with Gasteiger partial charge >= 0.3 is 0 Å². The second-order valence-electron chi connectivity index (χ2n) is 5.48. The number of imidazole rings is 1. The number of nitrogens with zero attached hydrogens (tertiary/aromatic N) is 2. The Balaban J connectivity index is 2.08. The van der Waals surface area contributed by atoms with Crippen molar-refractivity contribution >= 4 is 5.57 Å². The maximum absolute atomic E-state index is 9.53. The van der Waals surface area contributed by atoms with Gasteiger partial charge in [-0.15, -0.1) is 0 Å². The number of rotatable bonds is 4. The topological polar surface area (TPSA) is 58.3 Å². The molecule has 0 bridgehead atoms. The van der Waals surface area contributed by atoms with Crippen molar-refractivity contribution in [1.29, 1.82) is 0 Å². The standard InChI is InChI=1S/C19H18N2O2/c1-14(12-21-11-10-20-13-21)19(15-2-6-17(22)7-3-15)16-4-8-18(23)9-5-16/h2-11,13,22-23H,12H2,1H3. The third-order valence-electron chi connectivity index (χ3n) is 3.72. The zero-order chi connectivity index (χ0) is 16.2. The van der Waals surface area contributed by atoms with Gasteiger partial charge in [-0.2, -0.15) is 0 Å². The number of hydrogen-bond acceptors (Lipinski definition) is 3. The lowest BCUT2D eigenvalue weighted by atomic mass is 9.93. The first-order valence-corrected chi connectivity index (χ1v) is 7.38. The number of aromatic hydroxyl groups is 2. The van der Waals surface area contributed by atoms with Crippen LogP contribution in [-0.4, -0.2) is 19.8 Å². The molecule has 2 N–H and O–H groups in total. The molecule has 0 aliphatic rings. The van der Waals surface area contributed by atoms with Gasteiger partial charge in [0.15, 0.2) is 0 Å². The second kappa shape index (κ2) is 6.40. The minimum atomic E-state index is 0.242. The summed E-state index contributed by atoms with van der Waals surface area (Å²) < 4.78 is 2.01. The van der Waals surface area contributed by atoms with Gasteiger partial charge in [0.1, 0.15) is 11.5 Å². The van der Waals surface area contributed by atoms with Gasteiger partial charge in [-0.05, 0) is 53.5 Å². The van der Waals surface area contributed by atoms with E-state index in [0.717, 1.165) is 23.2 Å². The van der Waals surface area contributed by atoms with Gasteiger partial charge in [-0.3, -0.25) is 0 Å². The smallest absolute Gasteiger partial charge is 0.115 e. The molecule has 0 atom stereocenters. The van der Waals surface area contributed by atoms with Crippen molar-refractivity contribution in [2.24, 2.45) is 0 Å². The Morgan fingerprint density at radius 2 is 1.43 bits per heavy atom. The van der Waals surface area contributed by atoms with Crippen molar-refractivity contribution in [3.8, 4) is 11.5 Å². The van der Waals surface area contributed by atoms with E-state index in [9.17, 15) is 10.2 Å². The van der Waals surface area contributed by atoms with Gasteiger partial charge in [0.2, 0.25) is 0 Å². The van der Waals surface area contributed by atoms with E-state index in [1.807, 2.05) is 35.0 Å². The van der Waals surface area contributed by atoms with Crippen LogP contribution in [0.2, 0.25) is 0 Å². The van der Waals surface area contributed by atoms with Crippen molar-refractivity contribution in [1.82, 2.24) is 9.55 Å². The minimum absolute atomic E-state index is 0.242. The van der Waals surface area contributed by atoms with Gasteiger partial charge in [0, 0.05) is 18.9 Å². The predicted molar refractivity (Wildman–Crippen MR) is 90.1 cm³/mol. The fourth-order valence-electron chi connectivity index (χ4n) is 2.65. The zero-order valence-corrected chi connectivity index (χ0v) is 12.8. The average molecular weight is 306 g/mol. The molecule has 3 rings (SSSR count). The first-order valence-electron chi connectivity index (χ1n) is 7.38. The van der Waals surface area contributed by atoms with E-state index in [2.05, 4.69) is 11.9 Å². The van der Waals surface area contributed by atoms with Crippen LogP contribution in [0, 0.1) is 0 Å². The van der Waals surface area contributed by atoms with Crippen LogP contribution in [0.1, 0.15) is 18.1 Å². The highest BCUT2D eigenvalue weighted by atomic mass is 16.3. The normalized spacial score (nSPS) is 10.5. The number of allylic oxidation sites excluding steroid dienone is 1. The Kier molecular flexibility index (Phi) is 4.15. The summed E-state index contributed by atoms with van der Waals surface area (Å²) in [7, 11) is 0. The van der Waals surface area contributed by atoms with E-state index in [1.54, 1.807) is 36.8 Å².